The minimum atomic E-state index is -3.72. The van der Waals surface area contributed by atoms with Crippen molar-refractivity contribution in [1.82, 2.24) is 4.72 Å². The molecule has 3 heterocycles. The van der Waals surface area contributed by atoms with Crippen molar-refractivity contribution >= 4 is 32.7 Å². The van der Waals surface area contributed by atoms with Gasteiger partial charge in [-0.3, -0.25) is 0 Å². The van der Waals surface area contributed by atoms with E-state index in [0.29, 0.717) is 24.7 Å². The summed E-state index contributed by atoms with van der Waals surface area (Å²) in [6, 6.07) is 10.0. The fraction of sp³-hybridized carbons (Fsp3) is 0.176. The van der Waals surface area contributed by atoms with Crippen LogP contribution in [0.1, 0.15) is 16.5 Å². The van der Waals surface area contributed by atoms with Gasteiger partial charge in [-0.25, -0.2) is 8.42 Å². The van der Waals surface area contributed by atoms with Gasteiger partial charge in [-0.1, -0.05) is 6.07 Å². The molecule has 4 rings (SSSR count). The average Bonchev–Trinajstić information content (AvgIpc) is 3.33. The fourth-order valence-corrected chi connectivity index (χ4v) is 5.38. The lowest BCUT2D eigenvalue weighted by atomic mass is 10.1. The second-order valence-electron chi connectivity index (χ2n) is 5.43. The van der Waals surface area contributed by atoms with E-state index in [1.165, 1.54) is 34.8 Å². The smallest absolute Gasteiger partial charge is 0.241 e. The molecule has 0 unspecified atom stereocenters. The maximum absolute atomic E-state index is 12.9. The van der Waals surface area contributed by atoms with E-state index in [1.54, 1.807) is 6.07 Å². The highest BCUT2D eigenvalue weighted by atomic mass is 32.2. The van der Waals surface area contributed by atoms with Crippen LogP contribution in [0.3, 0.4) is 0 Å². The third-order valence-electron chi connectivity index (χ3n) is 3.80. The van der Waals surface area contributed by atoms with Crippen molar-refractivity contribution < 1.29 is 17.9 Å². The molecular formula is C17H15NO4S3. The average molecular weight is 394 g/mol. The van der Waals surface area contributed by atoms with Gasteiger partial charge in [-0.15, -0.1) is 11.3 Å². The van der Waals surface area contributed by atoms with E-state index >= 15 is 0 Å². The predicted octanol–water partition coefficient (Wildman–Crippen LogP) is 3.65. The molecule has 0 saturated heterocycles. The van der Waals surface area contributed by atoms with Crippen molar-refractivity contribution in [1.29, 1.82) is 0 Å². The first-order valence-corrected chi connectivity index (χ1v) is 10.9. The van der Waals surface area contributed by atoms with Gasteiger partial charge in [0.15, 0.2) is 11.5 Å². The van der Waals surface area contributed by atoms with Gasteiger partial charge in [0.1, 0.15) is 13.2 Å². The number of rotatable bonds is 5. The highest BCUT2D eigenvalue weighted by Gasteiger charge is 2.25. The lowest BCUT2D eigenvalue weighted by Crippen LogP contribution is -2.29. The summed E-state index contributed by atoms with van der Waals surface area (Å²) >= 11 is 3.06. The van der Waals surface area contributed by atoms with Gasteiger partial charge in [0.2, 0.25) is 10.0 Å². The maximum Gasteiger partial charge on any atom is 0.241 e. The quantitative estimate of drug-likeness (QED) is 0.719. The first-order valence-electron chi connectivity index (χ1n) is 7.61. The Morgan fingerprint density at radius 3 is 2.60 bits per heavy atom. The van der Waals surface area contributed by atoms with Crippen LogP contribution in [0.15, 0.2) is 57.4 Å². The Labute approximate surface area is 153 Å². The molecule has 0 bridgehead atoms. The van der Waals surface area contributed by atoms with Crippen LogP contribution < -0.4 is 14.2 Å². The number of hydrogen-bond acceptors (Lipinski definition) is 6. The molecule has 25 heavy (non-hydrogen) atoms. The summed E-state index contributed by atoms with van der Waals surface area (Å²) in [5.74, 6) is 1.02. The van der Waals surface area contributed by atoms with Crippen molar-refractivity contribution in [3.63, 3.8) is 0 Å². The van der Waals surface area contributed by atoms with E-state index in [2.05, 4.69) is 4.72 Å². The Morgan fingerprint density at radius 1 is 1.04 bits per heavy atom. The monoisotopic (exact) mass is 393 g/mol. The van der Waals surface area contributed by atoms with Crippen LogP contribution in [-0.2, 0) is 10.0 Å². The van der Waals surface area contributed by atoms with Crippen LogP contribution in [-0.4, -0.2) is 21.6 Å². The minimum absolute atomic E-state index is 0.161. The van der Waals surface area contributed by atoms with E-state index in [-0.39, 0.29) is 4.90 Å². The van der Waals surface area contributed by atoms with E-state index in [4.69, 9.17) is 9.47 Å². The summed E-state index contributed by atoms with van der Waals surface area (Å²) in [5.41, 5.74) is 0.925. The SMILES string of the molecule is O=S(=O)(N[C@H](c1ccsc1)c1cccs1)c1ccc2c(c1)OCCO2. The predicted molar refractivity (Wildman–Crippen MR) is 98.2 cm³/mol. The molecule has 1 aromatic carbocycles. The summed E-state index contributed by atoms with van der Waals surface area (Å²) in [6.07, 6.45) is 0. The van der Waals surface area contributed by atoms with Crippen molar-refractivity contribution in [2.75, 3.05) is 13.2 Å². The maximum atomic E-state index is 12.9. The molecule has 1 aliphatic heterocycles. The topological polar surface area (TPSA) is 64.6 Å². The van der Waals surface area contributed by atoms with Crippen LogP contribution in [0.4, 0.5) is 0 Å². The first-order chi connectivity index (χ1) is 12.1. The van der Waals surface area contributed by atoms with Crippen LogP contribution in [0, 0.1) is 0 Å². The molecule has 8 heteroatoms. The standard InChI is InChI=1S/C17H15NO4S3/c19-25(20,13-3-4-14-15(10-13)22-7-6-21-14)18-17(12-5-9-23-11-12)16-2-1-8-24-16/h1-5,8-11,17-18H,6-7H2/t17-/m1/s1. The third kappa shape index (κ3) is 3.43. The lowest BCUT2D eigenvalue weighted by Gasteiger charge is -2.20. The zero-order valence-corrected chi connectivity index (χ0v) is 15.5. The normalized spacial score (nSPS) is 15.0. The summed E-state index contributed by atoms with van der Waals surface area (Å²) in [5, 5.41) is 5.83. The summed E-state index contributed by atoms with van der Waals surface area (Å²) < 4.78 is 39.6. The number of fused-ring (bicyclic) bond motifs is 1. The number of ether oxygens (including phenoxy) is 2. The molecule has 0 fully saturated rings. The number of sulfonamides is 1. The van der Waals surface area contributed by atoms with E-state index < -0.39 is 16.1 Å². The fourth-order valence-electron chi connectivity index (χ4n) is 2.60. The molecule has 5 nitrogen and oxygen atoms in total. The minimum Gasteiger partial charge on any atom is -0.486 e. The molecule has 1 atom stereocenters. The first kappa shape index (κ1) is 16.6. The highest BCUT2D eigenvalue weighted by molar-refractivity contribution is 7.89. The second kappa shape index (κ2) is 6.80. The van der Waals surface area contributed by atoms with Crippen LogP contribution in [0.5, 0.6) is 11.5 Å². The van der Waals surface area contributed by atoms with Crippen molar-refractivity contribution in [3.8, 4) is 11.5 Å². The van der Waals surface area contributed by atoms with Crippen molar-refractivity contribution in [2.24, 2.45) is 0 Å². The molecule has 3 aromatic rings. The van der Waals surface area contributed by atoms with Gasteiger partial charge in [-0.2, -0.15) is 16.1 Å². The van der Waals surface area contributed by atoms with E-state index in [9.17, 15) is 8.42 Å². The third-order valence-corrected chi connectivity index (χ3v) is 6.86. The summed E-state index contributed by atoms with van der Waals surface area (Å²) in [6.45, 7) is 0.882. The number of benzene rings is 1. The number of hydrogen-bond donors (Lipinski definition) is 1. The molecule has 2 aromatic heterocycles. The Bertz CT molecular complexity index is 916. The highest BCUT2D eigenvalue weighted by Crippen LogP contribution is 2.34. The van der Waals surface area contributed by atoms with Gasteiger partial charge in [0, 0.05) is 10.9 Å². The molecular weight excluding hydrogens is 378 g/mol. The van der Waals surface area contributed by atoms with Crippen LogP contribution >= 0.6 is 22.7 Å². The summed E-state index contributed by atoms with van der Waals surface area (Å²) in [4.78, 5) is 1.10. The Kier molecular flexibility index (Phi) is 4.51. The molecule has 130 valence electrons. The molecule has 0 aliphatic carbocycles. The van der Waals surface area contributed by atoms with E-state index in [0.717, 1.165) is 10.4 Å². The lowest BCUT2D eigenvalue weighted by molar-refractivity contribution is 0.171. The van der Waals surface area contributed by atoms with Crippen LogP contribution in [0.25, 0.3) is 0 Å². The van der Waals surface area contributed by atoms with E-state index in [1.807, 2.05) is 34.3 Å². The Morgan fingerprint density at radius 2 is 1.88 bits per heavy atom. The molecule has 0 radical (unpaired) electrons. The number of thiophene rings is 2. The van der Waals surface area contributed by atoms with Crippen LogP contribution in [0.2, 0.25) is 0 Å². The molecule has 1 N–H and O–H groups in total. The largest absolute Gasteiger partial charge is 0.486 e. The second-order valence-corrected chi connectivity index (χ2v) is 8.91. The van der Waals surface area contributed by atoms with Gasteiger partial charge in [0.05, 0.1) is 10.9 Å². The Hall–Kier alpha value is -1.87. The van der Waals surface area contributed by atoms with Gasteiger partial charge < -0.3 is 9.47 Å². The molecule has 0 amide bonds. The van der Waals surface area contributed by atoms with Crippen molar-refractivity contribution in [3.05, 3.63) is 63.0 Å². The summed E-state index contributed by atoms with van der Waals surface area (Å²) in [7, 11) is -3.72. The van der Waals surface area contributed by atoms with Gasteiger partial charge in [0.25, 0.3) is 0 Å². The number of nitrogens with one attached hydrogen (secondary N) is 1. The molecule has 0 saturated carbocycles. The Balaban J connectivity index is 1.67. The molecule has 0 spiro atoms. The van der Waals surface area contributed by atoms with Gasteiger partial charge in [-0.05, 0) is 46.0 Å². The zero-order valence-electron chi connectivity index (χ0n) is 13.0. The molecule has 1 aliphatic rings. The van der Waals surface area contributed by atoms with Gasteiger partial charge >= 0.3 is 0 Å². The zero-order chi connectivity index (χ0) is 17.3. The van der Waals surface area contributed by atoms with Crippen molar-refractivity contribution in [2.45, 2.75) is 10.9 Å².